The maximum Gasteiger partial charge on any atom is 0.202 e. The van der Waals surface area contributed by atoms with Crippen molar-refractivity contribution in [2.75, 3.05) is 0 Å². The van der Waals surface area contributed by atoms with E-state index in [0.717, 1.165) is 4.48 Å². The van der Waals surface area contributed by atoms with E-state index in [1.807, 2.05) is 0 Å². The molecule has 0 radical (unpaired) electrons. The van der Waals surface area contributed by atoms with E-state index in [4.69, 9.17) is 4.74 Å². The minimum absolute atomic E-state index is 0.0144. The van der Waals surface area contributed by atoms with E-state index >= 15 is 0 Å². The largest absolute Gasteiger partial charge is 0.484 e. The van der Waals surface area contributed by atoms with Crippen LogP contribution in [0.15, 0.2) is 22.9 Å². The minimum Gasteiger partial charge on any atom is -0.484 e. The predicted molar refractivity (Wildman–Crippen MR) is 50.9 cm³/mol. The number of carbonyl (C=O) groups excluding carboxylic acids is 1. The third-order valence-corrected chi connectivity index (χ3v) is 2.05. The Morgan fingerprint density at radius 2 is 2.42 bits per heavy atom. The van der Waals surface area contributed by atoms with E-state index in [0.29, 0.717) is 12.2 Å². The molecular formula is C9H11BrO2. The van der Waals surface area contributed by atoms with Gasteiger partial charge in [0.15, 0.2) is 5.60 Å². The van der Waals surface area contributed by atoms with Crippen LogP contribution in [0, 0.1) is 0 Å². The number of ketones is 1. The average molecular weight is 231 g/mol. The molecule has 0 amide bonds. The van der Waals surface area contributed by atoms with Gasteiger partial charge in [-0.3, -0.25) is 4.79 Å². The SMILES string of the molecule is C=C(Br)CC1(C)OC(C)=CC1=O. The summed E-state index contributed by atoms with van der Waals surface area (Å²) < 4.78 is 6.17. The van der Waals surface area contributed by atoms with Gasteiger partial charge in [0.05, 0.1) is 5.76 Å². The summed E-state index contributed by atoms with van der Waals surface area (Å²) in [5.41, 5.74) is -0.731. The van der Waals surface area contributed by atoms with Crippen molar-refractivity contribution >= 4 is 21.7 Å². The van der Waals surface area contributed by atoms with Crippen LogP contribution in [0.3, 0.4) is 0 Å². The summed E-state index contributed by atoms with van der Waals surface area (Å²) in [5, 5.41) is 0. The number of carbonyl (C=O) groups is 1. The van der Waals surface area contributed by atoms with E-state index in [9.17, 15) is 4.79 Å². The van der Waals surface area contributed by atoms with E-state index in [2.05, 4.69) is 22.5 Å². The Balaban J connectivity index is 2.76. The highest BCUT2D eigenvalue weighted by Crippen LogP contribution is 2.31. The van der Waals surface area contributed by atoms with Gasteiger partial charge >= 0.3 is 0 Å². The van der Waals surface area contributed by atoms with Gasteiger partial charge < -0.3 is 4.74 Å². The fourth-order valence-corrected chi connectivity index (χ4v) is 1.80. The maximum absolute atomic E-state index is 11.4. The lowest BCUT2D eigenvalue weighted by molar-refractivity contribution is -0.128. The van der Waals surface area contributed by atoms with Gasteiger partial charge in [-0.05, 0) is 18.3 Å². The highest BCUT2D eigenvalue weighted by molar-refractivity contribution is 9.11. The first-order valence-electron chi connectivity index (χ1n) is 3.69. The summed E-state index contributed by atoms with van der Waals surface area (Å²) in [6, 6.07) is 0. The molecule has 0 fully saturated rings. The Bertz CT molecular complexity index is 268. The topological polar surface area (TPSA) is 26.3 Å². The highest BCUT2D eigenvalue weighted by atomic mass is 79.9. The molecule has 66 valence electrons. The summed E-state index contributed by atoms with van der Waals surface area (Å²) in [6.07, 6.45) is 2.04. The number of ether oxygens (including phenoxy) is 1. The van der Waals surface area contributed by atoms with Crippen LogP contribution in [-0.2, 0) is 9.53 Å². The lowest BCUT2D eigenvalue weighted by Crippen LogP contribution is -2.32. The molecule has 12 heavy (non-hydrogen) atoms. The Morgan fingerprint density at radius 1 is 1.83 bits per heavy atom. The van der Waals surface area contributed by atoms with Crippen molar-refractivity contribution in [3.05, 3.63) is 22.9 Å². The van der Waals surface area contributed by atoms with Crippen molar-refractivity contribution < 1.29 is 9.53 Å². The quantitative estimate of drug-likeness (QED) is 0.729. The normalized spacial score (nSPS) is 28.2. The van der Waals surface area contributed by atoms with Gasteiger partial charge in [0, 0.05) is 12.5 Å². The number of hydrogen-bond donors (Lipinski definition) is 0. The van der Waals surface area contributed by atoms with Gasteiger partial charge in [0.25, 0.3) is 0 Å². The zero-order valence-corrected chi connectivity index (χ0v) is 8.77. The molecule has 0 aromatic rings. The number of halogens is 1. The summed E-state index contributed by atoms with van der Waals surface area (Å²) in [4.78, 5) is 11.4. The number of hydrogen-bond acceptors (Lipinski definition) is 2. The van der Waals surface area contributed by atoms with Crippen molar-refractivity contribution in [1.82, 2.24) is 0 Å². The molecule has 1 atom stereocenters. The number of allylic oxidation sites excluding steroid dienone is 1. The third-order valence-electron chi connectivity index (χ3n) is 1.77. The highest BCUT2D eigenvalue weighted by Gasteiger charge is 2.38. The molecule has 1 unspecified atom stereocenters. The van der Waals surface area contributed by atoms with Crippen LogP contribution in [0.2, 0.25) is 0 Å². The summed E-state index contributed by atoms with van der Waals surface area (Å²) >= 11 is 3.22. The standard InChI is InChI=1S/C9H11BrO2/c1-6(10)5-9(3)8(11)4-7(2)12-9/h4H,1,5H2,2-3H3. The monoisotopic (exact) mass is 230 g/mol. The van der Waals surface area contributed by atoms with Crippen molar-refractivity contribution in [2.24, 2.45) is 0 Å². The van der Waals surface area contributed by atoms with E-state index in [1.165, 1.54) is 6.08 Å². The van der Waals surface area contributed by atoms with E-state index < -0.39 is 5.60 Å². The van der Waals surface area contributed by atoms with Crippen LogP contribution in [0.25, 0.3) is 0 Å². The van der Waals surface area contributed by atoms with Crippen molar-refractivity contribution in [1.29, 1.82) is 0 Å². The van der Waals surface area contributed by atoms with Crippen LogP contribution in [-0.4, -0.2) is 11.4 Å². The van der Waals surface area contributed by atoms with Crippen molar-refractivity contribution in [2.45, 2.75) is 25.9 Å². The van der Waals surface area contributed by atoms with Gasteiger partial charge in [-0.2, -0.15) is 0 Å². The lowest BCUT2D eigenvalue weighted by Gasteiger charge is -2.22. The predicted octanol–water partition coefficient (Wildman–Crippen LogP) is 2.55. The molecule has 0 aromatic carbocycles. The zero-order chi connectivity index (χ0) is 9.35. The second kappa shape index (κ2) is 3.05. The fourth-order valence-electron chi connectivity index (χ4n) is 1.26. The first-order chi connectivity index (χ1) is 5.44. The zero-order valence-electron chi connectivity index (χ0n) is 7.19. The summed E-state index contributed by atoms with van der Waals surface area (Å²) in [7, 11) is 0. The summed E-state index contributed by atoms with van der Waals surface area (Å²) in [6.45, 7) is 7.24. The molecule has 0 aromatic heterocycles. The Kier molecular flexibility index (Phi) is 2.42. The molecule has 0 saturated carbocycles. The first kappa shape index (κ1) is 9.52. The number of rotatable bonds is 2. The lowest BCUT2D eigenvalue weighted by atomic mass is 9.98. The van der Waals surface area contributed by atoms with E-state index in [-0.39, 0.29) is 5.78 Å². The van der Waals surface area contributed by atoms with Gasteiger partial charge in [0.2, 0.25) is 5.78 Å². The Labute approximate surface area is 80.4 Å². The molecule has 1 rings (SSSR count). The fraction of sp³-hybridized carbons (Fsp3) is 0.444. The van der Waals surface area contributed by atoms with Crippen molar-refractivity contribution in [3.8, 4) is 0 Å². The van der Waals surface area contributed by atoms with Gasteiger partial charge in [-0.1, -0.05) is 22.5 Å². The van der Waals surface area contributed by atoms with Gasteiger partial charge in [-0.25, -0.2) is 0 Å². The average Bonchev–Trinajstić information content (AvgIpc) is 2.04. The van der Waals surface area contributed by atoms with Crippen LogP contribution in [0.4, 0.5) is 0 Å². The molecule has 0 bridgehead atoms. The van der Waals surface area contributed by atoms with E-state index in [1.54, 1.807) is 13.8 Å². The molecule has 1 heterocycles. The Morgan fingerprint density at radius 3 is 2.75 bits per heavy atom. The molecule has 0 aliphatic carbocycles. The second-order valence-corrected chi connectivity index (χ2v) is 4.27. The smallest absolute Gasteiger partial charge is 0.202 e. The van der Waals surface area contributed by atoms with Crippen LogP contribution in [0.5, 0.6) is 0 Å². The molecule has 3 heteroatoms. The molecular weight excluding hydrogens is 220 g/mol. The van der Waals surface area contributed by atoms with Gasteiger partial charge in [0.1, 0.15) is 0 Å². The maximum atomic E-state index is 11.4. The molecule has 0 N–H and O–H groups in total. The summed E-state index contributed by atoms with van der Waals surface area (Å²) in [5.74, 6) is 0.692. The molecule has 1 aliphatic heterocycles. The van der Waals surface area contributed by atoms with Crippen LogP contribution < -0.4 is 0 Å². The third kappa shape index (κ3) is 1.78. The molecule has 1 aliphatic rings. The molecule has 2 nitrogen and oxygen atoms in total. The molecule has 0 saturated heterocycles. The van der Waals surface area contributed by atoms with Crippen LogP contribution in [0.1, 0.15) is 20.3 Å². The Hall–Kier alpha value is -0.570. The van der Waals surface area contributed by atoms with Crippen LogP contribution >= 0.6 is 15.9 Å². The second-order valence-electron chi connectivity index (χ2n) is 3.15. The minimum atomic E-state index is -0.731. The van der Waals surface area contributed by atoms with Crippen molar-refractivity contribution in [3.63, 3.8) is 0 Å². The van der Waals surface area contributed by atoms with Gasteiger partial charge in [-0.15, -0.1) is 0 Å². The first-order valence-corrected chi connectivity index (χ1v) is 4.48. The molecule has 0 spiro atoms.